The molecule has 5 heteroatoms. The molecule has 1 aliphatic rings. The first-order chi connectivity index (χ1) is 12.5. The van der Waals surface area contributed by atoms with Crippen LogP contribution in [0.1, 0.15) is 30.9 Å². The number of benzene rings is 2. The highest BCUT2D eigenvalue weighted by atomic mass is 35.5. The smallest absolute Gasteiger partial charge is 0.317 e. The minimum absolute atomic E-state index is 0.0381. The number of halogens is 1. The molecule has 1 heterocycles. The molecule has 0 saturated carbocycles. The minimum atomic E-state index is -0.728. The molecule has 0 unspecified atom stereocenters. The van der Waals surface area contributed by atoms with Crippen molar-refractivity contribution >= 4 is 23.5 Å². The van der Waals surface area contributed by atoms with Crippen LogP contribution in [-0.4, -0.2) is 29.9 Å². The number of carbonyl (C=O) groups excluding carboxylic acids is 2. The van der Waals surface area contributed by atoms with E-state index < -0.39 is 5.41 Å². The van der Waals surface area contributed by atoms with Gasteiger partial charge >= 0.3 is 5.97 Å². The summed E-state index contributed by atoms with van der Waals surface area (Å²) >= 11 is 6.16. The van der Waals surface area contributed by atoms with E-state index in [9.17, 15) is 9.59 Å². The second-order valence-corrected chi connectivity index (χ2v) is 7.03. The van der Waals surface area contributed by atoms with Crippen molar-refractivity contribution in [3.8, 4) is 0 Å². The third-order valence-electron chi connectivity index (χ3n) is 5.10. The van der Waals surface area contributed by atoms with E-state index in [1.807, 2.05) is 48.5 Å². The Bertz CT molecular complexity index is 783. The standard InChI is InChI=1S/C21H22ClNO3/c1-16(24)23-13-11-21(12-14-23,18-8-3-2-4-9-18)20(25)26-15-17-7-5-6-10-19(17)22/h2-10H,11-15H2,1H3. The van der Waals surface area contributed by atoms with E-state index in [0.717, 1.165) is 11.1 Å². The van der Waals surface area contributed by atoms with Gasteiger partial charge in [-0.1, -0.05) is 60.1 Å². The molecule has 0 N–H and O–H groups in total. The van der Waals surface area contributed by atoms with Crippen molar-refractivity contribution in [3.63, 3.8) is 0 Å². The van der Waals surface area contributed by atoms with Crippen molar-refractivity contribution in [1.29, 1.82) is 0 Å². The van der Waals surface area contributed by atoms with Crippen LogP contribution in [0.25, 0.3) is 0 Å². The van der Waals surface area contributed by atoms with Crippen LogP contribution in [0.3, 0.4) is 0 Å². The van der Waals surface area contributed by atoms with Gasteiger partial charge in [-0.05, 0) is 24.5 Å². The lowest BCUT2D eigenvalue weighted by molar-refractivity contribution is -0.155. The quantitative estimate of drug-likeness (QED) is 0.764. The maximum absolute atomic E-state index is 13.1. The van der Waals surface area contributed by atoms with Crippen LogP contribution in [0.4, 0.5) is 0 Å². The lowest BCUT2D eigenvalue weighted by Gasteiger charge is -2.40. The van der Waals surface area contributed by atoms with Crippen LogP contribution >= 0.6 is 11.6 Å². The molecule has 0 spiro atoms. The van der Waals surface area contributed by atoms with Crippen LogP contribution < -0.4 is 0 Å². The van der Waals surface area contributed by atoms with E-state index in [1.165, 1.54) is 0 Å². The summed E-state index contributed by atoms with van der Waals surface area (Å²) < 4.78 is 5.68. The zero-order valence-electron chi connectivity index (χ0n) is 14.8. The molecule has 26 heavy (non-hydrogen) atoms. The van der Waals surface area contributed by atoms with Gasteiger partial charge in [-0.15, -0.1) is 0 Å². The summed E-state index contributed by atoms with van der Waals surface area (Å²) in [6, 6.07) is 17.0. The van der Waals surface area contributed by atoms with E-state index in [-0.39, 0.29) is 18.5 Å². The van der Waals surface area contributed by atoms with Crippen molar-refractivity contribution < 1.29 is 14.3 Å². The molecule has 2 aromatic carbocycles. The van der Waals surface area contributed by atoms with Gasteiger partial charge in [0.05, 0.1) is 5.41 Å². The van der Waals surface area contributed by atoms with E-state index >= 15 is 0 Å². The summed E-state index contributed by atoms with van der Waals surface area (Å²) in [5.41, 5.74) is 0.994. The number of nitrogens with zero attached hydrogens (tertiary/aromatic N) is 1. The highest BCUT2D eigenvalue weighted by Crippen LogP contribution is 2.37. The fraction of sp³-hybridized carbons (Fsp3) is 0.333. The molecule has 1 saturated heterocycles. The van der Waals surface area contributed by atoms with Gasteiger partial charge in [-0.3, -0.25) is 9.59 Å². The molecule has 0 atom stereocenters. The van der Waals surface area contributed by atoms with E-state index in [2.05, 4.69) is 0 Å². The molecular weight excluding hydrogens is 350 g/mol. The Labute approximate surface area is 158 Å². The van der Waals surface area contributed by atoms with Crippen LogP contribution in [0.15, 0.2) is 54.6 Å². The first-order valence-corrected chi connectivity index (χ1v) is 9.12. The van der Waals surface area contributed by atoms with Gasteiger partial charge in [0, 0.05) is 30.6 Å². The Kier molecular flexibility index (Phi) is 5.62. The Morgan fingerprint density at radius 2 is 1.65 bits per heavy atom. The average molecular weight is 372 g/mol. The van der Waals surface area contributed by atoms with Crippen molar-refractivity contribution in [2.75, 3.05) is 13.1 Å². The number of piperidine rings is 1. The third kappa shape index (κ3) is 3.75. The van der Waals surface area contributed by atoms with Gasteiger partial charge in [0.2, 0.25) is 5.91 Å². The SMILES string of the molecule is CC(=O)N1CCC(C(=O)OCc2ccccc2Cl)(c2ccccc2)CC1. The van der Waals surface area contributed by atoms with E-state index in [4.69, 9.17) is 16.3 Å². The predicted octanol–water partition coefficient (Wildman–Crippen LogP) is 3.96. The lowest BCUT2D eigenvalue weighted by atomic mass is 9.72. The van der Waals surface area contributed by atoms with Crippen molar-refractivity contribution in [1.82, 2.24) is 4.90 Å². The number of carbonyl (C=O) groups is 2. The molecule has 136 valence electrons. The van der Waals surface area contributed by atoms with Gasteiger partial charge in [0.15, 0.2) is 0 Å². The number of rotatable bonds is 4. The average Bonchev–Trinajstić information content (AvgIpc) is 2.67. The zero-order valence-corrected chi connectivity index (χ0v) is 15.5. The second kappa shape index (κ2) is 7.92. The second-order valence-electron chi connectivity index (χ2n) is 6.62. The number of hydrogen-bond acceptors (Lipinski definition) is 3. The van der Waals surface area contributed by atoms with Crippen molar-refractivity contribution in [3.05, 3.63) is 70.7 Å². The van der Waals surface area contributed by atoms with Crippen LogP contribution in [0.2, 0.25) is 5.02 Å². The maximum atomic E-state index is 13.1. The lowest BCUT2D eigenvalue weighted by Crippen LogP contribution is -2.49. The largest absolute Gasteiger partial charge is 0.460 e. The van der Waals surface area contributed by atoms with Gasteiger partial charge < -0.3 is 9.64 Å². The van der Waals surface area contributed by atoms with E-state index in [1.54, 1.807) is 17.9 Å². The van der Waals surface area contributed by atoms with Crippen LogP contribution in [0, 0.1) is 0 Å². The number of likely N-dealkylation sites (tertiary alicyclic amines) is 1. The minimum Gasteiger partial charge on any atom is -0.460 e. The Morgan fingerprint density at radius 3 is 2.27 bits per heavy atom. The summed E-state index contributed by atoms with van der Waals surface area (Å²) in [7, 11) is 0. The first-order valence-electron chi connectivity index (χ1n) is 8.74. The van der Waals surface area contributed by atoms with Crippen molar-refractivity contribution in [2.24, 2.45) is 0 Å². The third-order valence-corrected chi connectivity index (χ3v) is 5.46. The number of esters is 1. The Hall–Kier alpha value is -2.33. The van der Waals surface area contributed by atoms with Gasteiger partial charge in [-0.25, -0.2) is 0 Å². The van der Waals surface area contributed by atoms with Gasteiger partial charge in [0.1, 0.15) is 6.61 Å². The molecule has 1 fully saturated rings. The molecule has 3 rings (SSSR count). The van der Waals surface area contributed by atoms with Crippen LogP contribution in [-0.2, 0) is 26.3 Å². The highest BCUT2D eigenvalue weighted by Gasteiger charge is 2.44. The fourth-order valence-electron chi connectivity index (χ4n) is 3.47. The molecule has 1 amide bonds. The van der Waals surface area contributed by atoms with E-state index in [0.29, 0.717) is 31.0 Å². The van der Waals surface area contributed by atoms with Crippen LogP contribution in [0.5, 0.6) is 0 Å². The molecule has 0 aromatic heterocycles. The first kappa shape index (κ1) is 18.5. The maximum Gasteiger partial charge on any atom is 0.317 e. The summed E-state index contributed by atoms with van der Waals surface area (Å²) in [6.45, 7) is 2.80. The normalized spacial score (nSPS) is 16.2. The summed E-state index contributed by atoms with van der Waals surface area (Å²) in [6.07, 6.45) is 1.11. The molecule has 2 aromatic rings. The highest BCUT2D eigenvalue weighted by molar-refractivity contribution is 6.31. The summed E-state index contributed by atoms with van der Waals surface area (Å²) in [5.74, 6) is -0.220. The monoisotopic (exact) mass is 371 g/mol. The summed E-state index contributed by atoms with van der Waals surface area (Å²) in [5, 5.41) is 0.584. The molecule has 4 nitrogen and oxygen atoms in total. The number of ether oxygens (including phenoxy) is 1. The zero-order chi connectivity index (χ0) is 18.6. The molecule has 1 aliphatic heterocycles. The summed E-state index contributed by atoms with van der Waals surface area (Å²) in [4.78, 5) is 26.6. The Balaban J connectivity index is 1.81. The topological polar surface area (TPSA) is 46.6 Å². The number of amides is 1. The van der Waals surface area contributed by atoms with Crippen molar-refractivity contribution in [2.45, 2.75) is 31.8 Å². The molecule has 0 aliphatic carbocycles. The molecule has 0 radical (unpaired) electrons. The molecular formula is C21H22ClNO3. The van der Waals surface area contributed by atoms with Gasteiger partial charge in [-0.2, -0.15) is 0 Å². The van der Waals surface area contributed by atoms with Gasteiger partial charge in [0.25, 0.3) is 0 Å². The Morgan fingerprint density at radius 1 is 1.04 bits per heavy atom. The predicted molar refractivity (Wildman–Crippen MR) is 101 cm³/mol. The number of hydrogen-bond donors (Lipinski definition) is 0. The molecule has 0 bridgehead atoms. The fourth-order valence-corrected chi connectivity index (χ4v) is 3.66.